The minimum absolute atomic E-state index is 0.116. The van der Waals surface area contributed by atoms with Crippen LogP contribution in [0.5, 0.6) is 0 Å². The molecule has 0 radical (unpaired) electrons. The standard InChI is InChI=1S/C19H16ClF2O2PS/c1-2-25(20)19(21,22)15-8-9-16-14(10-15)11-17(26-16)18(23)24-12-13-6-4-3-5-7-13/h3-11H,2,12H2,1H3. The van der Waals surface area contributed by atoms with Crippen LogP contribution in [0.3, 0.4) is 0 Å². The van der Waals surface area contributed by atoms with Gasteiger partial charge in [0.2, 0.25) is 0 Å². The number of hydrogen-bond donors (Lipinski definition) is 0. The fourth-order valence-electron chi connectivity index (χ4n) is 2.46. The third-order valence-corrected chi connectivity index (χ3v) is 7.73. The van der Waals surface area contributed by atoms with Crippen LogP contribution in [0.1, 0.15) is 27.7 Å². The maximum atomic E-state index is 14.4. The molecule has 0 aliphatic heterocycles. The monoisotopic (exact) mass is 412 g/mol. The summed E-state index contributed by atoms with van der Waals surface area (Å²) in [7, 11) is -1.94. The molecule has 3 rings (SSSR count). The first-order valence-corrected chi connectivity index (χ1v) is 11.2. The first-order chi connectivity index (χ1) is 12.4. The third-order valence-electron chi connectivity index (χ3n) is 3.86. The van der Waals surface area contributed by atoms with Crippen molar-refractivity contribution in [3.05, 3.63) is 70.6 Å². The summed E-state index contributed by atoms with van der Waals surface area (Å²) in [5, 5.41) is 0.593. The van der Waals surface area contributed by atoms with Gasteiger partial charge in [0.25, 0.3) is 0 Å². The number of hydrogen-bond acceptors (Lipinski definition) is 3. The predicted molar refractivity (Wildman–Crippen MR) is 105 cm³/mol. The Morgan fingerprint density at radius 1 is 1.19 bits per heavy atom. The molecular formula is C19H16ClF2O2PS. The number of alkyl halides is 2. The second kappa shape index (κ2) is 7.99. The Morgan fingerprint density at radius 2 is 1.92 bits per heavy atom. The van der Waals surface area contributed by atoms with Crippen LogP contribution in [0.25, 0.3) is 10.1 Å². The summed E-state index contributed by atoms with van der Waals surface area (Å²) in [4.78, 5) is 12.6. The number of esters is 1. The molecule has 2 nitrogen and oxygen atoms in total. The lowest BCUT2D eigenvalue weighted by molar-refractivity contribution is 0.0478. The van der Waals surface area contributed by atoms with E-state index in [2.05, 4.69) is 0 Å². The molecule has 0 saturated carbocycles. The van der Waals surface area contributed by atoms with Gasteiger partial charge in [0.15, 0.2) is 0 Å². The summed E-state index contributed by atoms with van der Waals surface area (Å²) in [5.74, 6) is -0.462. The highest BCUT2D eigenvalue weighted by Crippen LogP contribution is 2.61. The molecule has 0 fully saturated rings. The average molecular weight is 413 g/mol. The van der Waals surface area contributed by atoms with Crippen molar-refractivity contribution in [2.45, 2.75) is 19.2 Å². The van der Waals surface area contributed by atoms with Crippen molar-refractivity contribution in [2.75, 3.05) is 6.16 Å². The van der Waals surface area contributed by atoms with Gasteiger partial charge in [0, 0.05) is 10.3 Å². The summed E-state index contributed by atoms with van der Waals surface area (Å²) in [5.41, 5.74) is -2.29. The molecular weight excluding hydrogens is 397 g/mol. The summed E-state index contributed by atoms with van der Waals surface area (Å²) >= 11 is 7.07. The minimum atomic E-state index is -3.06. The predicted octanol–water partition coefficient (Wildman–Crippen LogP) is 6.96. The zero-order valence-corrected chi connectivity index (χ0v) is 16.4. The maximum absolute atomic E-state index is 14.4. The molecule has 7 heteroatoms. The van der Waals surface area contributed by atoms with E-state index in [4.69, 9.17) is 16.0 Å². The molecule has 0 aliphatic rings. The number of ether oxygens (including phenoxy) is 1. The molecule has 0 amide bonds. The van der Waals surface area contributed by atoms with Crippen molar-refractivity contribution >= 4 is 45.9 Å². The summed E-state index contributed by atoms with van der Waals surface area (Å²) in [6, 6.07) is 15.3. The van der Waals surface area contributed by atoms with Gasteiger partial charge in [-0.3, -0.25) is 0 Å². The molecule has 1 heterocycles. The van der Waals surface area contributed by atoms with Gasteiger partial charge in [-0.1, -0.05) is 54.6 Å². The van der Waals surface area contributed by atoms with E-state index in [9.17, 15) is 13.6 Å². The first kappa shape index (κ1) is 19.2. The van der Waals surface area contributed by atoms with E-state index < -0.39 is 18.9 Å². The SMILES string of the molecule is CCP(Cl)C(F)(F)c1ccc2sc(C(=O)OCc3ccccc3)cc2c1. The lowest BCUT2D eigenvalue weighted by Crippen LogP contribution is -2.09. The lowest BCUT2D eigenvalue weighted by Gasteiger charge is -2.21. The highest BCUT2D eigenvalue weighted by Gasteiger charge is 2.39. The lowest BCUT2D eigenvalue weighted by atomic mass is 10.1. The van der Waals surface area contributed by atoms with E-state index in [-0.39, 0.29) is 18.3 Å². The van der Waals surface area contributed by atoms with E-state index >= 15 is 0 Å². The Bertz CT molecular complexity index is 914. The Hall–Kier alpha value is -1.55. The molecule has 0 bridgehead atoms. The van der Waals surface area contributed by atoms with Crippen molar-refractivity contribution < 1.29 is 18.3 Å². The molecule has 0 saturated heterocycles. The molecule has 26 heavy (non-hydrogen) atoms. The zero-order valence-electron chi connectivity index (χ0n) is 13.9. The molecule has 2 aromatic carbocycles. The van der Waals surface area contributed by atoms with E-state index in [1.165, 1.54) is 23.5 Å². The number of thiophene rings is 1. The van der Waals surface area contributed by atoms with Crippen molar-refractivity contribution in [3.63, 3.8) is 0 Å². The van der Waals surface area contributed by atoms with Gasteiger partial charge in [-0.15, -0.1) is 11.3 Å². The summed E-state index contributed by atoms with van der Waals surface area (Å²) in [6.45, 7) is 1.82. The number of benzene rings is 2. The fourth-order valence-corrected chi connectivity index (χ4v) is 4.51. The molecule has 3 aromatic rings. The van der Waals surface area contributed by atoms with Gasteiger partial charge in [-0.25, -0.2) is 4.79 Å². The molecule has 1 atom stereocenters. The molecule has 1 aromatic heterocycles. The quantitative estimate of drug-likeness (QED) is 0.323. The minimum Gasteiger partial charge on any atom is -0.457 e. The molecule has 0 spiro atoms. The molecule has 0 N–H and O–H groups in total. The Morgan fingerprint density at radius 3 is 2.62 bits per heavy atom. The summed E-state index contributed by atoms with van der Waals surface area (Å²) < 4.78 is 34.8. The number of carbonyl (C=O) groups is 1. The smallest absolute Gasteiger partial charge is 0.348 e. The van der Waals surface area contributed by atoms with Crippen molar-refractivity contribution in [3.8, 4) is 0 Å². The third kappa shape index (κ3) is 4.06. The Labute approximate surface area is 160 Å². The van der Waals surface area contributed by atoms with Crippen LogP contribution in [0.2, 0.25) is 0 Å². The average Bonchev–Trinajstić information content (AvgIpc) is 3.09. The number of halogens is 3. The van der Waals surface area contributed by atoms with Crippen LogP contribution in [-0.4, -0.2) is 12.1 Å². The number of fused-ring (bicyclic) bond motifs is 1. The highest BCUT2D eigenvalue weighted by molar-refractivity contribution is 7.84. The second-order valence-corrected chi connectivity index (χ2v) is 9.87. The fraction of sp³-hybridized carbons (Fsp3) is 0.211. The number of carbonyl (C=O) groups excluding carboxylic acids is 1. The second-order valence-electron chi connectivity index (χ2n) is 5.64. The largest absolute Gasteiger partial charge is 0.457 e. The van der Waals surface area contributed by atoms with Crippen LogP contribution >= 0.6 is 29.9 Å². The zero-order chi connectivity index (χ0) is 18.7. The summed E-state index contributed by atoms with van der Waals surface area (Å²) in [6.07, 6.45) is 0.225. The van der Waals surface area contributed by atoms with Crippen LogP contribution in [0, 0.1) is 0 Å². The normalized spacial score (nSPS) is 12.9. The molecule has 136 valence electrons. The van der Waals surface area contributed by atoms with Gasteiger partial charge in [0.1, 0.15) is 11.5 Å². The van der Waals surface area contributed by atoms with Crippen LogP contribution in [0.4, 0.5) is 8.78 Å². The van der Waals surface area contributed by atoms with E-state index in [0.29, 0.717) is 10.3 Å². The van der Waals surface area contributed by atoms with Gasteiger partial charge in [0.05, 0.1) is 7.27 Å². The number of rotatable bonds is 6. The van der Waals surface area contributed by atoms with E-state index in [1.807, 2.05) is 30.3 Å². The van der Waals surface area contributed by atoms with Crippen LogP contribution in [0.15, 0.2) is 54.6 Å². The van der Waals surface area contributed by atoms with Crippen molar-refractivity contribution in [1.29, 1.82) is 0 Å². The van der Waals surface area contributed by atoms with E-state index in [1.54, 1.807) is 19.1 Å². The molecule has 0 aliphatic carbocycles. The van der Waals surface area contributed by atoms with E-state index in [0.717, 1.165) is 10.3 Å². The Kier molecular flexibility index (Phi) is 5.91. The van der Waals surface area contributed by atoms with Crippen molar-refractivity contribution in [1.82, 2.24) is 0 Å². The van der Waals surface area contributed by atoms with Crippen LogP contribution < -0.4 is 0 Å². The van der Waals surface area contributed by atoms with Crippen molar-refractivity contribution in [2.24, 2.45) is 0 Å². The van der Waals surface area contributed by atoms with Gasteiger partial charge >= 0.3 is 11.6 Å². The van der Waals surface area contributed by atoms with Crippen LogP contribution in [-0.2, 0) is 17.0 Å². The maximum Gasteiger partial charge on any atom is 0.348 e. The van der Waals surface area contributed by atoms with Gasteiger partial charge in [-0.2, -0.15) is 8.78 Å². The Balaban J connectivity index is 1.79. The van der Waals surface area contributed by atoms with Gasteiger partial charge in [-0.05, 0) is 35.3 Å². The first-order valence-electron chi connectivity index (χ1n) is 7.98. The topological polar surface area (TPSA) is 26.3 Å². The highest BCUT2D eigenvalue weighted by atomic mass is 35.7. The van der Waals surface area contributed by atoms with Gasteiger partial charge < -0.3 is 4.74 Å². The molecule has 1 unspecified atom stereocenters.